The first kappa shape index (κ1) is 25.0. The van der Waals surface area contributed by atoms with Gasteiger partial charge in [-0.2, -0.15) is 0 Å². The summed E-state index contributed by atoms with van der Waals surface area (Å²) in [6.07, 6.45) is -0.195. The summed E-state index contributed by atoms with van der Waals surface area (Å²) in [6.45, 7) is 3.60. The maximum atomic E-state index is 12.1. The molecule has 0 aromatic heterocycles. The van der Waals surface area contributed by atoms with E-state index in [0.29, 0.717) is 17.1 Å². The van der Waals surface area contributed by atoms with Crippen molar-refractivity contribution >= 4 is 45.1 Å². The predicted molar refractivity (Wildman–Crippen MR) is 134 cm³/mol. The molecular weight excluding hydrogens is 500 g/mol. The van der Waals surface area contributed by atoms with Gasteiger partial charge in [0.25, 0.3) is 5.91 Å². The van der Waals surface area contributed by atoms with Gasteiger partial charge < -0.3 is 20.1 Å². The SMILES string of the molecule is Cc1cc(C)cc(Oc2ccc(NC(=O)CCC(=O)OCC(=O)Nc3ccc(Br)cc3)cc2)c1. The molecule has 0 spiro atoms. The number of esters is 1. The second-order valence-corrected chi connectivity index (χ2v) is 8.63. The number of amides is 2. The third kappa shape index (κ3) is 8.37. The summed E-state index contributed by atoms with van der Waals surface area (Å²) in [6, 6.07) is 19.9. The van der Waals surface area contributed by atoms with E-state index in [4.69, 9.17) is 9.47 Å². The number of hydrogen-bond donors (Lipinski definition) is 2. The zero-order chi connectivity index (χ0) is 24.5. The van der Waals surface area contributed by atoms with Crippen LogP contribution in [-0.2, 0) is 19.1 Å². The summed E-state index contributed by atoms with van der Waals surface area (Å²) in [5.41, 5.74) is 3.40. The fraction of sp³-hybridized carbons (Fsp3) is 0.192. The van der Waals surface area contributed by atoms with Crippen LogP contribution in [-0.4, -0.2) is 24.4 Å². The molecule has 0 saturated carbocycles. The van der Waals surface area contributed by atoms with Gasteiger partial charge in [-0.1, -0.05) is 22.0 Å². The van der Waals surface area contributed by atoms with Crippen molar-refractivity contribution in [2.75, 3.05) is 17.2 Å². The predicted octanol–water partition coefficient (Wildman–Crippen LogP) is 5.76. The minimum Gasteiger partial charge on any atom is -0.457 e. The van der Waals surface area contributed by atoms with E-state index in [9.17, 15) is 14.4 Å². The Kier molecular flexibility index (Phi) is 8.81. The van der Waals surface area contributed by atoms with Gasteiger partial charge in [0.05, 0.1) is 6.42 Å². The van der Waals surface area contributed by atoms with Crippen molar-refractivity contribution in [1.29, 1.82) is 0 Å². The van der Waals surface area contributed by atoms with Crippen molar-refractivity contribution < 1.29 is 23.9 Å². The average Bonchev–Trinajstić information content (AvgIpc) is 2.78. The van der Waals surface area contributed by atoms with Crippen LogP contribution in [0.2, 0.25) is 0 Å². The van der Waals surface area contributed by atoms with Gasteiger partial charge in [-0.05, 0) is 85.6 Å². The molecule has 0 aliphatic rings. The molecule has 2 amide bonds. The smallest absolute Gasteiger partial charge is 0.306 e. The van der Waals surface area contributed by atoms with Gasteiger partial charge in [0.1, 0.15) is 11.5 Å². The van der Waals surface area contributed by atoms with Crippen molar-refractivity contribution in [2.24, 2.45) is 0 Å². The molecule has 8 heteroatoms. The van der Waals surface area contributed by atoms with Gasteiger partial charge in [0.15, 0.2) is 6.61 Å². The van der Waals surface area contributed by atoms with Crippen LogP contribution in [0.3, 0.4) is 0 Å². The summed E-state index contributed by atoms with van der Waals surface area (Å²) in [4.78, 5) is 35.9. The van der Waals surface area contributed by atoms with Crippen molar-refractivity contribution in [3.05, 3.63) is 82.3 Å². The van der Waals surface area contributed by atoms with E-state index in [1.54, 1.807) is 48.5 Å². The van der Waals surface area contributed by atoms with Crippen LogP contribution in [0.15, 0.2) is 71.2 Å². The van der Waals surface area contributed by atoms with Crippen LogP contribution in [0.25, 0.3) is 0 Å². The Morgan fingerprint density at radius 3 is 1.91 bits per heavy atom. The van der Waals surface area contributed by atoms with Gasteiger partial charge in [-0.15, -0.1) is 0 Å². The number of nitrogens with one attached hydrogen (secondary N) is 2. The Hall–Kier alpha value is -3.65. The molecular formula is C26H25BrN2O5. The fourth-order valence-electron chi connectivity index (χ4n) is 3.12. The Morgan fingerprint density at radius 2 is 1.29 bits per heavy atom. The summed E-state index contributed by atoms with van der Waals surface area (Å²) < 4.78 is 11.7. The summed E-state index contributed by atoms with van der Waals surface area (Å²) >= 11 is 3.31. The lowest BCUT2D eigenvalue weighted by atomic mass is 10.1. The lowest BCUT2D eigenvalue weighted by Gasteiger charge is -2.10. The molecule has 34 heavy (non-hydrogen) atoms. The van der Waals surface area contributed by atoms with Crippen molar-refractivity contribution in [1.82, 2.24) is 0 Å². The van der Waals surface area contributed by atoms with Crippen molar-refractivity contribution in [2.45, 2.75) is 26.7 Å². The van der Waals surface area contributed by atoms with E-state index in [-0.39, 0.29) is 18.7 Å². The molecule has 0 bridgehead atoms. The minimum atomic E-state index is -0.627. The normalized spacial score (nSPS) is 10.3. The standard InChI is InChI=1S/C26H25BrN2O5/c1-17-13-18(2)15-23(14-17)34-22-9-7-21(8-10-22)28-24(30)11-12-26(32)33-16-25(31)29-20-5-3-19(27)4-6-20/h3-10,13-15H,11-12,16H2,1-2H3,(H,28,30)(H,29,31). The lowest BCUT2D eigenvalue weighted by molar-refractivity contribution is -0.147. The number of benzene rings is 3. The molecule has 0 atom stereocenters. The van der Waals surface area contributed by atoms with Gasteiger partial charge in [0, 0.05) is 22.3 Å². The van der Waals surface area contributed by atoms with Crippen LogP contribution in [0, 0.1) is 13.8 Å². The molecule has 0 aliphatic heterocycles. The van der Waals surface area contributed by atoms with Crippen LogP contribution in [0.1, 0.15) is 24.0 Å². The molecule has 0 radical (unpaired) electrons. The Labute approximate surface area is 206 Å². The van der Waals surface area contributed by atoms with Crippen LogP contribution < -0.4 is 15.4 Å². The average molecular weight is 525 g/mol. The Bertz CT molecular complexity index is 1140. The summed E-state index contributed by atoms with van der Waals surface area (Å²) in [7, 11) is 0. The summed E-state index contributed by atoms with van der Waals surface area (Å²) in [5.74, 6) is -0.0212. The molecule has 3 aromatic carbocycles. The third-order valence-electron chi connectivity index (χ3n) is 4.62. The molecule has 0 heterocycles. The first-order valence-electron chi connectivity index (χ1n) is 10.6. The van der Waals surface area contributed by atoms with E-state index in [1.807, 2.05) is 26.0 Å². The number of halogens is 1. The maximum absolute atomic E-state index is 12.1. The Balaban J connectivity index is 1.38. The van der Waals surface area contributed by atoms with Crippen molar-refractivity contribution in [3.63, 3.8) is 0 Å². The number of aryl methyl sites for hydroxylation is 2. The highest BCUT2D eigenvalue weighted by molar-refractivity contribution is 9.10. The first-order valence-corrected chi connectivity index (χ1v) is 11.4. The summed E-state index contributed by atoms with van der Waals surface area (Å²) in [5, 5.41) is 5.34. The van der Waals surface area contributed by atoms with E-state index >= 15 is 0 Å². The molecule has 7 nitrogen and oxygen atoms in total. The molecule has 0 saturated heterocycles. The van der Waals surface area contributed by atoms with E-state index < -0.39 is 18.5 Å². The quantitative estimate of drug-likeness (QED) is 0.347. The zero-order valence-corrected chi connectivity index (χ0v) is 20.5. The Morgan fingerprint density at radius 1 is 0.735 bits per heavy atom. The van der Waals surface area contributed by atoms with E-state index in [0.717, 1.165) is 21.3 Å². The van der Waals surface area contributed by atoms with Gasteiger partial charge in [0.2, 0.25) is 5.91 Å². The van der Waals surface area contributed by atoms with Gasteiger partial charge >= 0.3 is 5.97 Å². The molecule has 0 fully saturated rings. The number of ether oxygens (including phenoxy) is 2. The maximum Gasteiger partial charge on any atom is 0.306 e. The second kappa shape index (κ2) is 12.0. The highest BCUT2D eigenvalue weighted by Gasteiger charge is 2.11. The molecule has 2 N–H and O–H groups in total. The number of hydrogen-bond acceptors (Lipinski definition) is 5. The van der Waals surface area contributed by atoms with E-state index in [1.165, 1.54) is 0 Å². The number of carbonyl (C=O) groups excluding carboxylic acids is 3. The molecule has 3 aromatic rings. The number of rotatable bonds is 9. The lowest BCUT2D eigenvalue weighted by Crippen LogP contribution is -2.21. The number of anilines is 2. The molecule has 3 rings (SSSR count). The first-order chi connectivity index (χ1) is 16.3. The highest BCUT2D eigenvalue weighted by Crippen LogP contribution is 2.25. The monoisotopic (exact) mass is 524 g/mol. The van der Waals surface area contributed by atoms with Crippen molar-refractivity contribution in [3.8, 4) is 11.5 Å². The van der Waals surface area contributed by atoms with E-state index in [2.05, 4.69) is 32.6 Å². The second-order valence-electron chi connectivity index (χ2n) is 7.71. The fourth-order valence-corrected chi connectivity index (χ4v) is 3.39. The largest absolute Gasteiger partial charge is 0.457 e. The van der Waals surface area contributed by atoms with Gasteiger partial charge in [-0.3, -0.25) is 14.4 Å². The zero-order valence-electron chi connectivity index (χ0n) is 18.9. The molecule has 176 valence electrons. The van der Waals surface area contributed by atoms with Crippen LogP contribution in [0.4, 0.5) is 11.4 Å². The molecule has 0 unspecified atom stereocenters. The topological polar surface area (TPSA) is 93.7 Å². The van der Waals surface area contributed by atoms with Crippen LogP contribution >= 0.6 is 15.9 Å². The minimum absolute atomic E-state index is 0.0615. The number of carbonyl (C=O) groups is 3. The third-order valence-corrected chi connectivity index (χ3v) is 5.15. The molecule has 0 aliphatic carbocycles. The van der Waals surface area contributed by atoms with Crippen LogP contribution in [0.5, 0.6) is 11.5 Å². The van der Waals surface area contributed by atoms with Gasteiger partial charge in [-0.25, -0.2) is 0 Å². The highest BCUT2D eigenvalue weighted by atomic mass is 79.9.